The van der Waals surface area contributed by atoms with Crippen molar-refractivity contribution in [2.24, 2.45) is 0 Å². The molecule has 35 heavy (non-hydrogen) atoms. The lowest BCUT2D eigenvalue weighted by atomic mass is 10.1. The van der Waals surface area contributed by atoms with E-state index in [0.717, 1.165) is 21.3 Å². The Labute approximate surface area is 203 Å². The molecule has 2 aromatic carbocycles. The average molecular weight is 497 g/mol. The van der Waals surface area contributed by atoms with Gasteiger partial charge >= 0.3 is 5.97 Å². The molecule has 0 bridgehead atoms. The van der Waals surface area contributed by atoms with Gasteiger partial charge in [0.15, 0.2) is 11.5 Å². The van der Waals surface area contributed by atoms with E-state index < -0.39 is 11.9 Å². The maximum atomic E-state index is 13.4. The molecule has 0 fully saturated rings. The lowest BCUT2D eigenvalue weighted by molar-refractivity contribution is -0.115. The second-order valence-corrected chi connectivity index (χ2v) is 8.20. The lowest BCUT2D eigenvalue weighted by Gasteiger charge is -2.14. The number of halogens is 1. The number of aromatic carboxylic acids is 1. The third-order valence-electron chi connectivity index (χ3n) is 5.20. The quantitative estimate of drug-likeness (QED) is 0.306. The smallest absolute Gasteiger partial charge is 0.337 e. The van der Waals surface area contributed by atoms with E-state index in [1.54, 1.807) is 12.1 Å². The average Bonchev–Trinajstić information content (AvgIpc) is 3.29. The Bertz CT molecular complexity index is 1390. The number of carboxylic acids is 1. The summed E-state index contributed by atoms with van der Waals surface area (Å²) in [4.78, 5) is 33.6. The molecule has 4 aromatic rings. The first-order valence-electron chi connectivity index (χ1n) is 10.4. The number of methoxy groups -OCH3 is 2. The van der Waals surface area contributed by atoms with Gasteiger partial charge in [0.25, 0.3) is 0 Å². The molecule has 0 atom stereocenters. The van der Waals surface area contributed by atoms with Crippen molar-refractivity contribution in [2.75, 3.05) is 31.4 Å². The predicted molar refractivity (Wildman–Crippen MR) is 131 cm³/mol. The molecule has 11 heteroatoms. The number of rotatable bonds is 9. The molecule has 0 saturated heterocycles. The summed E-state index contributed by atoms with van der Waals surface area (Å²) in [6.45, 7) is 0.229. The van der Waals surface area contributed by atoms with Crippen LogP contribution >= 0.6 is 11.3 Å². The van der Waals surface area contributed by atoms with Crippen molar-refractivity contribution in [1.82, 2.24) is 9.97 Å². The van der Waals surface area contributed by atoms with Gasteiger partial charge in [0.1, 0.15) is 22.8 Å². The Morgan fingerprint density at radius 3 is 2.49 bits per heavy atom. The van der Waals surface area contributed by atoms with Gasteiger partial charge < -0.3 is 25.2 Å². The third kappa shape index (κ3) is 5.14. The van der Waals surface area contributed by atoms with Crippen LogP contribution < -0.4 is 20.1 Å². The molecule has 0 saturated carbocycles. The number of nitrogens with one attached hydrogen (secondary N) is 2. The second kappa shape index (κ2) is 10.3. The monoisotopic (exact) mass is 496 g/mol. The highest BCUT2D eigenvalue weighted by Crippen LogP contribution is 2.36. The highest BCUT2D eigenvalue weighted by atomic mass is 32.1. The summed E-state index contributed by atoms with van der Waals surface area (Å²) >= 11 is 1.44. The van der Waals surface area contributed by atoms with Gasteiger partial charge in [0.05, 0.1) is 30.9 Å². The van der Waals surface area contributed by atoms with Crippen LogP contribution in [-0.2, 0) is 4.79 Å². The summed E-state index contributed by atoms with van der Waals surface area (Å²) in [6, 6.07) is 8.84. The van der Waals surface area contributed by atoms with Crippen molar-refractivity contribution in [3.05, 3.63) is 59.5 Å². The van der Waals surface area contributed by atoms with Crippen LogP contribution in [0.4, 0.5) is 15.9 Å². The van der Waals surface area contributed by atoms with Crippen molar-refractivity contribution in [3.8, 4) is 22.6 Å². The van der Waals surface area contributed by atoms with E-state index in [2.05, 4.69) is 20.6 Å². The fourth-order valence-corrected chi connectivity index (χ4v) is 4.43. The van der Waals surface area contributed by atoms with Crippen LogP contribution in [-0.4, -0.2) is 47.7 Å². The first-order chi connectivity index (χ1) is 16.9. The van der Waals surface area contributed by atoms with Crippen molar-refractivity contribution in [1.29, 1.82) is 0 Å². The minimum Gasteiger partial charge on any atom is -0.493 e. The number of amides is 1. The highest BCUT2D eigenvalue weighted by molar-refractivity contribution is 7.17. The maximum absolute atomic E-state index is 13.4. The van der Waals surface area contributed by atoms with Crippen LogP contribution in [0.5, 0.6) is 11.5 Å². The van der Waals surface area contributed by atoms with Crippen LogP contribution in [0.25, 0.3) is 21.3 Å². The number of carbonyl (C=O) groups is 2. The maximum Gasteiger partial charge on any atom is 0.337 e. The number of nitrogens with zero attached hydrogens (tertiary/aromatic N) is 2. The van der Waals surface area contributed by atoms with E-state index in [-0.39, 0.29) is 35.8 Å². The van der Waals surface area contributed by atoms with Gasteiger partial charge in [-0.2, -0.15) is 0 Å². The van der Waals surface area contributed by atoms with E-state index in [1.165, 1.54) is 56.1 Å². The minimum atomic E-state index is -1.21. The summed E-state index contributed by atoms with van der Waals surface area (Å²) in [5, 5.41) is 18.0. The van der Waals surface area contributed by atoms with Crippen LogP contribution in [0.3, 0.4) is 0 Å². The molecule has 0 aliphatic heterocycles. The molecule has 4 rings (SSSR count). The van der Waals surface area contributed by atoms with E-state index in [9.17, 15) is 19.1 Å². The van der Waals surface area contributed by atoms with Crippen molar-refractivity contribution in [2.45, 2.75) is 6.42 Å². The van der Waals surface area contributed by atoms with Crippen LogP contribution in [0.15, 0.2) is 48.1 Å². The molecule has 0 aliphatic rings. The molecule has 2 heterocycles. The molecule has 0 radical (unpaired) electrons. The summed E-state index contributed by atoms with van der Waals surface area (Å²) in [5.41, 5.74) is 1.65. The number of anilines is 2. The standard InChI is InChI=1S/C24H21FN4O5S/c1-33-18-9-15(24(31)32)17(10-19(18)34-2)29-20(30)7-8-26-22-21-16(11-35-23(21)28-12-27-22)13-3-5-14(25)6-4-13/h3-6,9-12H,7-8H2,1-2H3,(H,29,30)(H,31,32)(H,26,27,28). The molecule has 2 aromatic heterocycles. The summed E-state index contributed by atoms with van der Waals surface area (Å²) < 4.78 is 23.7. The number of thiophene rings is 1. The van der Waals surface area contributed by atoms with Gasteiger partial charge in [-0.25, -0.2) is 19.2 Å². The number of fused-ring (bicyclic) bond motifs is 1. The molecule has 3 N–H and O–H groups in total. The molecule has 0 spiro atoms. The fraction of sp³-hybridized carbons (Fsp3) is 0.167. The highest BCUT2D eigenvalue weighted by Gasteiger charge is 2.18. The molecule has 0 aliphatic carbocycles. The number of benzene rings is 2. The van der Waals surface area contributed by atoms with Gasteiger partial charge in [0.2, 0.25) is 5.91 Å². The first kappa shape index (κ1) is 23.9. The molecule has 9 nitrogen and oxygen atoms in total. The van der Waals surface area contributed by atoms with Crippen molar-refractivity contribution >= 4 is 44.9 Å². The van der Waals surface area contributed by atoms with E-state index >= 15 is 0 Å². The van der Waals surface area contributed by atoms with Gasteiger partial charge in [-0.05, 0) is 17.7 Å². The zero-order chi connectivity index (χ0) is 24.9. The molecule has 1 amide bonds. The van der Waals surface area contributed by atoms with Crippen LogP contribution in [0.1, 0.15) is 16.8 Å². The number of ether oxygens (including phenoxy) is 2. The molecule has 180 valence electrons. The summed E-state index contributed by atoms with van der Waals surface area (Å²) in [5.74, 6) is -0.865. The van der Waals surface area contributed by atoms with Crippen LogP contribution in [0.2, 0.25) is 0 Å². The van der Waals surface area contributed by atoms with Gasteiger partial charge in [-0.3, -0.25) is 4.79 Å². The zero-order valence-corrected chi connectivity index (χ0v) is 19.6. The van der Waals surface area contributed by atoms with E-state index in [0.29, 0.717) is 11.6 Å². The second-order valence-electron chi connectivity index (χ2n) is 7.34. The van der Waals surface area contributed by atoms with E-state index in [1.807, 2.05) is 5.38 Å². The zero-order valence-electron chi connectivity index (χ0n) is 18.8. The van der Waals surface area contributed by atoms with Gasteiger partial charge in [-0.1, -0.05) is 12.1 Å². The Morgan fingerprint density at radius 2 is 1.80 bits per heavy atom. The number of carboxylic acid groups (broad SMARTS) is 1. The van der Waals surface area contributed by atoms with Gasteiger partial charge in [-0.15, -0.1) is 11.3 Å². The largest absolute Gasteiger partial charge is 0.493 e. The normalized spacial score (nSPS) is 10.7. The van der Waals surface area contributed by atoms with Crippen molar-refractivity contribution in [3.63, 3.8) is 0 Å². The lowest BCUT2D eigenvalue weighted by Crippen LogP contribution is -2.18. The van der Waals surface area contributed by atoms with E-state index in [4.69, 9.17) is 9.47 Å². The minimum absolute atomic E-state index is 0.0366. The summed E-state index contributed by atoms with van der Waals surface area (Å²) in [7, 11) is 2.81. The summed E-state index contributed by atoms with van der Waals surface area (Å²) in [6.07, 6.45) is 1.47. The third-order valence-corrected chi connectivity index (χ3v) is 6.08. The van der Waals surface area contributed by atoms with Crippen LogP contribution in [0, 0.1) is 5.82 Å². The Morgan fingerprint density at radius 1 is 1.09 bits per heavy atom. The Balaban J connectivity index is 1.49. The Kier molecular flexibility index (Phi) is 7.06. The van der Waals surface area contributed by atoms with Gasteiger partial charge in [0, 0.05) is 36.0 Å². The first-order valence-corrected chi connectivity index (χ1v) is 11.3. The number of aromatic nitrogens is 2. The molecule has 0 unspecified atom stereocenters. The molecular formula is C24H21FN4O5S. The predicted octanol–water partition coefficient (Wildman–Crippen LogP) is 4.65. The number of carbonyl (C=O) groups excluding carboxylic acids is 1. The number of hydrogen-bond donors (Lipinski definition) is 3. The number of hydrogen-bond acceptors (Lipinski definition) is 8. The fourth-order valence-electron chi connectivity index (χ4n) is 3.52. The SMILES string of the molecule is COc1cc(NC(=O)CCNc2ncnc3scc(-c4ccc(F)cc4)c23)c(C(=O)O)cc1OC. The topological polar surface area (TPSA) is 123 Å². The molecular weight excluding hydrogens is 475 g/mol. The van der Waals surface area contributed by atoms with Crippen molar-refractivity contribution < 1.29 is 28.6 Å². The Hall–Kier alpha value is -4.25.